The molecular formula is C18H23N3O5. The van der Waals surface area contributed by atoms with Crippen LogP contribution in [0.3, 0.4) is 0 Å². The first-order chi connectivity index (χ1) is 12.5. The van der Waals surface area contributed by atoms with Gasteiger partial charge in [-0.3, -0.25) is 19.7 Å². The molecule has 0 aromatic heterocycles. The predicted molar refractivity (Wildman–Crippen MR) is 95.9 cm³/mol. The molecule has 0 bridgehead atoms. The van der Waals surface area contributed by atoms with Gasteiger partial charge in [0.1, 0.15) is 0 Å². The average molecular weight is 361 g/mol. The summed E-state index contributed by atoms with van der Waals surface area (Å²) in [6.45, 7) is 1.84. The van der Waals surface area contributed by atoms with Gasteiger partial charge in [0.25, 0.3) is 5.91 Å². The van der Waals surface area contributed by atoms with Crippen molar-refractivity contribution in [2.75, 3.05) is 19.7 Å². The van der Waals surface area contributed by atoms with Crippen molar-refractivity contribution in [3.8, 4) is 0 Å². The standard InChI is InChI=1S/C18H23N3O5/c1-2-11-20-18(25)21-16(23)13-26-17(24)10-12-19-15(22)9-8-14-6-4-3-5-7-14/h3-9H,2,10-13H2,1H3,(H,19,22)(H2,20,21,23,25)/b9-8+. The Morgan fingerprint density at radius 2 is 1.77 bits per heavy atom. The van der Waals surface area contributed by atoms with Crippen LogP contribution in [-0.4, -0.2) is 43.5 Å². The molecule has 1 aromatic rings. The third kappa shape index (κ3) is 9.86. The zero-order valence-electron chi connectivity index (χ0n) is 14.6. The van der Waals surface area contributed by atoms with Gasteiger partial charge >= 0.3 is 12.0 Å². The quantitative estimate of drug-likeness (QED) is 0.448. The number of ether oxygens (including phenoxy) is 1. The number of esters is 1. The Morgan fingerprint density at radius 3 is 2.46 bits per heavy atom. The van der Waals surface area contributed by atoms with Crippen molar-refractivity contribution in [3.05, 3.63) is 42.0 Å². The number of carbonyl (C=O) groups excluding carboxylic acids is 4. The number of imide groups is 1. The molecule has 0 aliphatic rings. The van der Waals surface area contributed by atoms with Crippen molar-refractivity contribution in [3.63, 3.8) is 0 Å². The van der Waals surface area contributed by atoms with Crippen LogP contribution in [0.1, 0.15) is 25.3 Å². The molecule has 1 aromatic carbocycles. The number of urea groups is 1. The fourth-order valence-electron chi connectivity index (χ4n) is 1.75. The number of rotatable bonds is 9. The molecule has 4 amide bonds. The summed E-state index contributed by atoms with van der Waals surface area (Å²) in [6, 6.07) is 8.67. The van der Waals surface area contributed by atoms with Crippen molar-refractivity contribution in [2.45, 2.75) is 19.8 Å². The van der Waals surface area contributed by atoms with E-state index in [0.29, 0.717) is 6.54 Å². The maximum Gasteiger partial charge on any atom is 0.321 e. The molecule has 26 heavy (non-hydrogen) atoms. The maximum atomic E-state index is 11.6. The fourth-order valence-corrected chi connectivity index (χ4v) is 1.75. The van der Waals surface area contributed by atoms with Crippen molar-refractivity contribution in [2.24, 2.45) is 0 Å². The minimum Gasteiger partial charge on any atom is -0.456 e. The lowest BCUT2D eigenvalue weighted by atomic mass is 10.2. The first-order valence-electron chi connectivity index (χ1n) is 8.25. The van der Waals surface area contributed by atoms with Crippen molar-refractivity contribution < 1.29 is 23.9 Å². The summed E-state index contributed by atoms with van der Waals surface area (Å²) in [6.07, 6.45) is 3.67. The van der Waals surface area contributed by atoms with E-state index in [0.717, 1.165) is 12.0 Å². The van der Waals surface area contributed by atoms with Gasteiger partial charge in [-0.25, -0.2) is 4.79 Å². The van der Waals surface area contributed by atoms with Gasteiger partial charge in [-0.2, -0.15) is 0 Å². The second-order valence-electron chi connectivity index (χ2n) is 5.25. The number of carbonyl (C=O) groups is 4. The smallest absolute Gasteiger partial charge is 0.321 e. The molecule has 1 rings (SSSR count). The van der Waals surface area contributed by atoms with Crippen molar-refractivity contribution in [1.82, 2.24) is 16.0 Å². The highest BCUT2D eigenvalue weighted by molar-refractivity contribution is 5.95. The van der Waals surface area contributed by atoms with Crippen LogP contribution in [0.5, 0.6) is 0 Å². The molecule has 0 radical (unpaired) electrons. The van der Waals surface area contributed by atoms with E-state index in [1.807, 2.05) is 42.6 Å². The van der Waals surface area contributed by atoms with Gasteiger partial charge in [0, 0.05) is 19.2 Å². The van der Waals surface area contributed by atoms with Crippen molar-refractivity contribution in [1.29, 1.82) is 0 Å². The molecule has 0 saturated carbocycles. The number of benzene rings is 1. The van der Waals surface area contributed by atoms with E-state index < -0.39 is 24.5 Å². The molecule has 0 fully saturated rings. The normalized spacial score (nSPS) is 10.2. The Balaban J connectivity index is 2.16. The van der Waals surface area contributed by atoms with E-state index in [2.05, 4.69) is 10.6 Å². The van der Waals surface area contributed by atoms with Crippen LogP contribution in [0, 0.1) is 0 Å². The molecule has 8 nitrogen and oxygen atoms in total. The van der Waals surface area contributed by atoms with Gasteiger partial charge in [0.15, 0.2) is 6.61 Å². The molecule has 0 aliphatic heterocycles. The van der Waals surface area contributed by atoms with Crippen LogP contribution in [0.4, 0.5) is 4.79 Å². The molecule has 0 spiro atoms. The summed E-state index contributed by atoms with van der Waals surface area (Å²) in [7, 11) is 0. The Bertz CT molecular complexity index is 643. The lowest BCUT2D eigenvalue weighted by Gasteiger charge is -2.07. The van der Waals surface area contributed by atoms with Crippen molar-refractivity contribution >= 4 is 29.9 Å². The highest BCUT2D eigenvalue weighted by atomic mass is 16.5. The molecule has 0 saturated heterocycles. The summed E-state index contributed by atoms with van der Waals surface area (Å²) < 4.78 is 4.72. The van der Waals surface area contributed by atoms with Gasteiger partial charge in [-0.1, -0.05) is 37.3 Å². The molecule has 0 aliphatic carbocycles. The lowest BCUT2D eigenvalue weighted by molar-refractivity contribution is -0.148. The van der Waals surface area contributed by atoms with Crippen LogP contribution in [-0.2, 0) is 19.1 Å². The summed E-state index contributed by atoms with van der Waals surface area (Å²) in [5.74, 6) is -1.71. The van der Waals surface area contributed by atoms with E-state index >= 15 is 0 Å². The van der Waals surface area contributed by atoms with Gasteiger partial charge in [0.05, 0.1) is 6.42 Å². The third-order valence-electron chi connectivity index (χ3n) is 3.01. The van der Waals surface area contributed by atoms with Crippen LogP contribution < -0.4 is 16.0 Å². The van der Waals surface area contributed by atoms with Crippen LogP contribution in [0.15, 0.2) is 36.4 Å². The number of amides is 4. The first-order valence-corrected chi connectivity index (χ1v) is 8.25. The van der Waals surface area contributed by atoms with E-state index in [9.17, 15) is 19.2 Å². The number of nitrogens with one attached hydrogen (secondary N) is 3. The second kappa shape index (κ2) is 12.2. The van der Waals surface area contributed by atoms with Crippen LogP contribution in [0.2, 0.25) is 0 Å². The highest BCUT2D eigenvalue weighted by Gasteiger charge is 2.10. The topological polar surface area (TPSA) is 114 Å². The van der Waals surface area contributed by atoms with E-state index in [1.54, 1.807) is 6.08 Å². The number of hydrogen-bond acceptors (Lipinski definition) is 5. The summed E-state index contributed by atoms with van der Waals surface area (Å²) >= 11 is 0. The SMILES string of the molecule is CCCNC(=O)NC(=O)COC(=O)CCNC(=O)/C=C/c1ccccc1. The summed E-state index contributed by atoms with van der Waals surface area (Å²) in [4.78, 5) is 45.7. The van der Waals surface area contributed by atoms with E-state index in [-0.39, 0.29) is 18.9 Å². The highest BCUT2D eigenvalue weighted by Crippen LogP contribution is 2.00. The minimum atomic E-state index is -0.721. The van der Waals surface area contributed by atoms with Crippen LogP contribution in [0.25, 0.3) is 6.08 Å². The van der Waals surface area contributed by atoms with Crippen LogP contribution >= 0.6 is 0 Å². The molecule has 0 unspecified atom stereocenters. The predicted octanol–water partition coefficient (Wildman–Crippen LogP) is 0.985. The Labute approximate surface area is 152 Å². The third-order valence-corrected chi connectivity index (χ3v) is 3.01. The Kier molecular flexibility index (Phi) is 9.83. The zero-order chi connectivity index (χ0) is 19.2. The van der Waals surface area contributed by atoms with Gasteiger partial charge in [0.2, 0.25) is 5.91 Å². The fraction of sp³-hybridized carbons (Fsp3) is 0.333. The van der Waals surface area contributed by atoms with Gasteiger partial charge in [-0.15, -0.1) is 0 Å². The first kappa shape index (κ1) is 20.9. The molecule has 8 heteroatoms. The van der Waals surface area contributed by atoms with Gasteiger partial charge in [-0.05, 0) is 18.1 Å². The minimum absolute atomic E-state index is 0.0788. The molecular weight excluding hydrogens is 338 g/mol. The summed E-state index contributed by atoms with van der Waals surface area (Å²) in [5.41, 5.74) is 0.885. The second-order valence-corrected chi connectivity index (χ2v) is 5.25. The largest absolute Gasteiger partial charge is 0.456 e. The molecule has 140 valence electrons. The Hall–Kier alpha value is -3.16. The van der Waals surface area contributed by atoms with E-state index in [4.69, 9.17) is 4.74 Å². The zero-order valence-corrected chi connectivity index (χ0v) is 14.6. The molecule has 0 heterocycles. The monoisotopic (exact) mass is 361 g/mol. The Morgan fingerprint density at radius 1 is 1.04 bits per heavy atom. The van der Waals surface area contributed by atoms with E-state index in [1.165, 1.54) is 6.08 Å². The summed E-state index contributed by atoms with van der Waals surface area (Å²) in [5, 5.41) is 7.02. The number of hydrogen-bond donors (Lipinski definition) is 3. The lowest BCUT2D eigenvalue weighted by Crippen LogP contribution is -2.41. The van der Waals surface area contributed by atoms with Gasteiger partial charge < -0.3 is 15.4 Å². The maximum absolute atomic E-state index is 11.6. The molecule has 3 N–H and O–H groups in total. The molecule has 0 atom stereocenters. The average Bonchev–Trinajstić information content (AvgIpc) is 2.64.